The van der Waals surface area contributed by atoms with Gasteiger partial charge in [-0.3, -0.25) is 4.79 Å². The molecule has 1 amide bonds. The van der Waals surface area contributed by atoms with Crippen LogP contribution in [0, 0.1) is 0 Å². The average molecular weight is 279 g/mol. The topological polar surface area (TPSA) is 35.6 Å². The molecular weight excluding hydrogens is 258 g/mol. The number of benzene rings is 1. The predicted octanol–water partition coefficient (Wildman–Crippen LogP) is 1.59. The molecule has 2 rings (SSSR count). The van der Waals surface area contributed by atoms with E-state index in [2.05, 4.69) is 35.7 Å². The smallest absolute Gasteiger partial charge is 0.241 e. The van der Waals surface area contributed by atoms with Crippen LogP contribution >= 0.6 is 11.8 Å². The van der Waals surface area contributed by atoms with Crippen molar-refractivity contribution in [1.29, 1.82) is 0 Å². The van der Waals surface area contributed by atoms with Crippen LogP contribution in [0.1, 0.15) is 0 Å². The van der Waals surface area contributed by atoms with Crippen LogP contribution in [-0.4, -0.2) is 61.7 Å². The summed E-state index contributed by atoms with van der Waals surface area (Å²) < 4.78 is 0. The summed E-state index contributed by atoms with van der Waals surface area (Å²) in [5, 5.41) is 3.19. The van der Waals surface area contributed by atoms with E-state index < -0.39 is 0 Å². The van der Waals surface area contributed by atoms with Gasteiger partial charge in [0.05, 0.1) is 6.54 Å². The molecule has 0 aliphatic carbocycles. The highest BCUT2D eigenvalue weighted by molar-refractivity contribution is 7.98. The van der Waals surface area contributed by atoms with Gasteiger partial charge in [-0.05, 0) is 37.6 Å². The number of likely N-dealkylation sites (N-methyl/N-ethyl adjacent to an activating group) is 1. The molecule has 1 aliphatic rings. The monoisotopic (exact) mass is 279 g/mol. The number of hydrogen-bond acceptors (Lipinski definition) is 4. The molecule has 1 aliphatic heterocycles. The molecule has 0 spiro atoms. The van der Waals surface area contributed by atoms with Crippen molar-refractivity contribution in [3.05, 3.63) is 24.3 Å². The zero-order chi connectivity index (χ0) is 13.7. The normalized spacial score (nSPS) is 16.4. The molecule has 0 atom stereocenters. The Bertz CT molecular complexity index is 413. The first-order valence-electron chi connectivity index (χ1n) is 6.53. The summed E-state index contributed by atoms with van der Waals surface area (Å²) in [6.45, 7) is 3.98. The van der Waals surface area contributed by atoms with Crippen LogP contribution in [0.5, 0.6) is 0 Å². The Balaban J connectivity index is 1.79. The lowest BCUT2D eigenvalue weighted by Crippen LogP contribution is -2.48. The molecule has 19 heavy (non-hydrogen) atoms. The van der Waals surface area contributed by atoms with E-state index in [-0.39, 0.29) is 5.91 Å². The molecule has 4 nitrogen and oxygen atoms in total. The summed E-state index contributed by atoms with van der Waals surface area (Å²) >= 11 is 1.72. The van der Waals surface area contributed by atoms with E-state index in [0.29, 0.717) is 6.54 Å². The van der Waals surface area contributed by atoms with E-state index >= 15 is 0 Å². The van der Waals surface area contributed by atoms with Crippen molar-refractivity contribution in [2.75, 3.05) is 51.3 Å². The van der Waals surface area contributed by atoms with Gasteiger partial charge in [0.15, 0.2) is 0 Å². The molecular formula is C14H21N3OS. The number of hydrogen-bond donors (Lipinski definition) is 1. The molecule has 1 heterocycles. The molecule has 0 bridgehead atoms. The lowest BCUT2D eigenvalue weighted by molar-refractivity contribution is -0.130. The van der Waals surface area contributed by atoms with Gasteiger partial charge < -0.3 is 15.1 Å². The fourth-order valence-corrected chi connectivity index (χ4v) is 2.46. The first kappa shape index (κ1) is 14.2. The fraction of sp³-hybridized carbons (Fsp3) is 0.500. The number of amides is 1. The minimum atomic E-state index is 0.182. The van der Waals surface area contributed by atoms with Gasteiger partial charge in [-0.1, -0.05) is 0 Å². The summed E-state index contributed by atoms with van der Waals surface area (Å²) in [6, 6.07) is 8.16. The van der Waals surface area contributed by atoms with Crippen molar-refractivity contribution >= 4 is 23.4 Å². The summed E-state index contributed by atoms with van der Waals surface area (Å²) in [5.74, 6) is 0.182. The number of nitrogens with one attached hydrogen (secondary N) is 1. The van der Waals surface area contributed by atoms with E-state index in [9.17, 15) is 4.79 Å². The highest BCUT2D eigenvalue weighted by Crippen LogP contribution is 2.17. The Kier molecular flexibility index (Phi) is 5.10. The van der Waals surface area contributed by atoms with Crippen molar-refractivity contribution < 1.29 is 4.79 Å². The number of carbonyl (C=O) groups is 1. The zero-order valence-corrected chi connectivity index (χ0v) is 12.4. The lowest BCUT2D eigenvalue weighted by Gasteiger charge is -2.32. The Morgan fingerprint density at radius 1 is 1.21 bits per heavy atom. The quantitative estimate of drug-likeness (QED) is 0.849. The summed E-state index contributed by atoms with van der Waals surface area (Å²) in [7, 11) is 2.09. The third-order valence-corrected chi connectivity index (χ3v) is 4.13. The third kappa shape index (κ3) is 4.14. The first-order valence-corrected chi connectivity index (χ1v) is 7.76. The lowest BCUT2D eigenvalue weighted by atomic mass is 10.3. The molecule has 1 aromatic rings. The van der Waals surface area contributed by atoms with Gasteiger partial charge in [0, 0.05) is 36.8 Å². The Hall–Kier alpha value is -1.20. The highest BCUT2D eigenvalue weighted by atomic mass is 32.2. The van der Waals surface area contributed by atoms with E-state index in [0.717, 1.165) is 31.9 Å². The maximum absolute atomic E-state index is 12.0. The van der Waals surface area contributed by atoms with Crippen LogP contribution < -0.4 is 5.32 Å². The zero-order valence-electron chi connectivity index (χ0n) is 11.6. The van der Waals surface area contributed by atoms with Crippen LogP contribution in [0.4, 0.5) is 5.69 Å². The minimum absolute atomic E-state index is 0.182. The van der Waals surface area contributed by atoms with Gasteiger partial charge in [-0.25, -0.2) is 0 Å². The average Bonchev–Trinajstić information content (AvgIpc) is 2.46. The maximum atomic E-state index is 12.0. The number of piperazine rings is 1. The van der Waals surface area contributed by atoms with Crippen LogP contribution in [0.15, 0.2) is 29.2 Å². The van der Waals surface area contributed by atoms with Crippen LogP contribution in [0.2, 0.25) is 0 Å². The molecule has 1 N–H and O–H groups in total. The SMILES string of the molecule is CSc1ccc(NCC(=O)N2CCN(C)CC2)cc1. The highest BCUT2D eigenvalue weighted by Gasteiger charge is 2.18. The Labute approximate surface area is 119 Å². The standard InChI is InChI=1S/C14H21N3OS/c1-16-7-9-17(10-8-16)14(18)11-15-12-3-5-13(19-2)6-4-12/h3-6,15H,7-11H2,1-2H3. The number of anilines is 1. The van der Waals surface area contributed by atoms with Crippen molar-refractivity contribution in [3.63, 3.8) is 0 Å². The van der Waals surface area contributed by atoms with Gasteiger partial charge >= 0.3 is 0 Å². The molecule has 0 unspecified atom stereocenters. The van der Waals surface area contributed by atoms with Crippen LogP contribution in [0.3, 0.4) is 0 Å². The molecule has 0 aromatic heterocycles. The first-order chi connectivity index (χ1) is 9.19. The number of nitrogens with zero attached hydrogens (tertiary/aromatic N) is 2. The van der Waals surface area contributed by atoms with Crippen LogP contribution in [0.25, 0.3) is 0 Å². The molecule has 0 saturated carbocycles. The second kappa shape index (κ2) is 6.82. The second-order valence-electron chi connectivity index (χ2n) is 4.77. The Morgan fingerprint density at radius 3 is 2.42 bits per heavy atom. The molecule has 1 saturated heterocycles. The summed E-state index contributed by atoms with van der Waals surface area (Å²) in [5.41, 5.74) is 1.00. The fourth-order valence-electron chi connectivity index (χ4n) is 2.05. The van der Waals surface area contributed by atoms with Gasteiger partial charge in [-0.15, -0.1) is 11.8 Å². The largest absolute Gasteiger partial charge is 0.376 e. The summed E-state index contributed by atoms with van der Waals surface area (Å²) in [4.78, 5) is 17.5. The van der Waals surface area contributed by atoms with E-state index in [1.54, 1.807) is 11.8 Å². The molecule has 1 fully saturated rings. The van der Waals surface area contributed by atoms with Crippen molar-refractivity contribution in [2.24, 2.45) is 0 Å². The molecule has 5 heteroatoms. The van der Waals surface area contributed by atoms with Gasteiger partial charge in [0.2, 0.25) is 5.91 Å². The maximum Gasteiger partial charge on any atom is 0.241 e. The van der Waals surface area contributed by atoms with E-state index in [1.807, 2.05) is 17.0 Å². The molecule has 0 radical (unpaired) electrons. The number of rotatable bonds is 4. The number of thioether (sulfide) groups is 1. The van der Waals surface area contributed by atoms with Gasteiger partial charge in [-0.2, -0.15) is 0 Å². The second-order valence-corrected chi connectivity index (χ2v) is 5.65. The Morgan fingerprint density at radius 2 is 1.84 bits per heavy atom. The van der Waals surface area contributed by atoms with E-state index in [4.69, 9.17) is 0 Å². The van der Waals surface area contributed by atoms with Crippen molar-refractivity contribution in [1.82, 2.24) is 9.80 Å². The predicted molar refractivity (Wildman–Crippen MR) is 80.8 cm³/mol. The molecule has 1 aromatic carbocycles. The van der Waals surface area contributed by atoms with E-state index in [1.165, 1.54) is 4.90 Å². The van der Waals surface area contributed by atoms with Gasteiger partial charge in [0.25, 0.3) is 0 Å². The molecule has 104 valence electrons. The number of carbonyl (C=O) groups excluding carboxylic acids is 1. The van der Waals surface area contributed by atoms with Gasteiger partial charge in [0.1, 0.15) is 0 Å². The third-order valence-electron chi connectivity index (χ3n) is 3.39. The van der Waals surface area contributed by atoms with Crippen molar-refractivity contribution in [3.8, 4) is 0 Å². The van der Waals surface area contributed by atoms with Crippen molar-refractivity contribution in [2.45, 2.75) is 4.90 Å². The van der Waals surface area contributed by atoms with Crippen LogP contribution in [-0.2, 0) is 4.79 Å². The minimum Gasteiger partial charge on any atom is -0.376 e. The summed E-state index contributed by atoms with van der Waals surface area (Å²) in [6.07, 6.45) is 2.05.